The Labute approximate surface area is 238 Å². The van der Waals surface area contributed by atoms with Gasteiger partial charge in [-0.3, -0.25) is 0 Å². The Morgan fingerprint density at radius 1 is 0.179 bits per heavy atom. The molecule has 6 aromatic carbocycles. The van der Waals surface area contributed by atoms with E-state index in [0.29, 0.717) is 0 Å². The molecule has 0 fully saturated rings. The summed E-state index contributed by atoms with van der Waals surface area (Å²) < 4.78 is 0. The van der Waals surface area contributed by atoms with E-state index in [9.17, 15) is 0 Å². The molecular weight excluding hydrogens is 525 g/mol. The summed E-state index contributed by atoms with van der Waals surface area (Å²) in [5.74, 6) is 0. The molecule has 0 atom stereocenters. The number of hydrogen-bond donors (Lipinski definition) is 0. The molecule has 6 rings (SSSR count). The topological polar surface area (TPSA) is 0 Å². The molecule has 3 heteroatoms. The van der Waals surface area contributed by atoms with Gasteiger partial charge >= 0.3 is 0 Å². The van der Waals surface area contributed by atoms with Crippen LogP contribution in [0.2, 0.25) is 0 Å². The number of rotatable bonds is 6. The van der Waals surface area contributed by atoms with Crippen molar-refractivity contribution in [3.8, 4) is 0 Å². The molecule has 0 N–H and O–H groups in total. The molecule has 0 saturated heterocycles. The normalized spacial score (nSPS) is 9.85. The van der Waals surface area contributed by atoms with Crippen LogP contribution < -0.4 is 31.8 Å². The van der Waals surface area contributed by atoms with Gasteiger partial charge in [-0.15, -0.1) is 0 Å². The average Bonchev–Trinajstić information content (AvgIpc) is 3.01. The van der Waals surface area contributed by atoms with Gasteiger partial charge in [0, 0.05) is 0 Å². The van der Waals surface area contributed by atoms with Crippen LogP contribution in [0.15, 0.2) is 182 Å². The van der Waals surface area contributed by atoms with Crippen molar-refractivity contribution in [2.75, 3.05) is 0 Å². The summed E-state index contributed by atoms with van der Waals surface area (Å²) in [6.45, 7) is 0. The maximum Gasteiger partial charge on any atom is -0.0226 e. The third-order valence-corrected chi connectivity index (χ3v) is 9.24. The van der Waals surface area contributed by atoms with E-state index in [4.69, 9.17) is 0 Å². The monoisotopic (exact) mass is 558 g/mol. The number of hydrogen-bond acceptors (Lipinski definition) is 0. The molecule has 0 heterocycles. The first-order valence-electron chi connectivity index (χ1n) is 13.0. The minimum absolute atomic E-state index is 0.777. The van der Waals surface area contributed by atoms with Gasteiger partial charge in [0.25, 0.3) is 0 Å². The van der Waals surface area contributed by atoms with E-state index < -0.39 is 0 Å². The SMILES string of the molecule is c1ccc(Pc2ccccc2)cc1.c1ccc(Pc2ccccc2)cc1.c1ccc(Pc2ccccc2)cc1. The highest BCUT2D eigenvalue weighted by molar-refractivity contribution is 7.56. The smallest absolute Gasteiger partial charge is 0.0226 e. The quantitative estimate of drug-likeness (QED) is 0.194. The summed E-state index contributed by atoms with van der Waals surface area (Å²) in [5, 5.41) is 8.38. The van der Waals surface area contributed by atoms with E-state index in [1.165, 1.54) is 31.8 Å². The van der Waals surface area contributed by atoms with Gasteiger partial charge in [-0.2, -0.15) is 0 Å². The first-order valence-corrected chi connectivity index (χ1v) is 16.0. The predicted octanol–water partition coefficient (Wildman–Crippen LogP) is 6.95. The van der Waals surface area contributed by atoms with Gasteiger partial charge < -0.3 is 0 Å². The van der Waals surface area contributed by atoms with Gasteiger partial charge in [0.05, 0.1) is 0 Å². The Balaban J connectivity index is 0.000000136. The van der Waals surface area contributed by atoms with Crippen molar-refractivity contribution >= 4 is 57.6 Å². The highest BCUT2D eigenvalue weighted by Crippen LogP contribution is 2.10. The highest BCUT2D eigenvalue weighted by atomic mass is 31.1. The van der Waals surface area contributed by atoms with Crippen LogP contribution in [0.4, 0.5) is 0 Å². The van der Waals surface area contributed by atoms with Gasteiger partial charge in [-0.25, -0.2) is 0 Å². The molecule has 192 valence electrons. The molecule has 0 radical (unpaired) electrons. The Bertz CT molecular complexity index is 1130. The molecule has 0 aliphatic carbocycles. The van der Waals surface area contributed by atoms with Crippen molar-refractivity contribution in [3.63, 3.8) is 0 Å². The van der Waals surface area contributed by atoms with Crippen molar-refractivity contribution in [1.29, 1.82) is 0 Å². The summed E-state index contributed by atoms with van der Waals surface area (Å²) in [6, 6.07) is 63.5. The third kappa shape index (κ3) is 11.5. The lowest BCUT2D eigenvalue weighted by molar-refractivity contribution is 1.76. The van der Waals surface area contributed by atoms with Crippen LogP contribution in [0.5, 0.6) is 0 Å². The Kier molecular flexibility index (Phi) is 12.7. The minimum atomic E-state index is 0.777. The second-order valence-electron chi connectivity index (χ2n) is 8.57. The molecule has 0 nitrogen and oxygen atoms in total. The molecule has 6 aromatic rings. The first-order chi connectivity index (χ1) is 19.3. The van der Waals surface area contributed by atoms with Crippen LogP contribution in [0.3, 0.4) is 0 Å². The van der Waals surface area contributed by atoms with Crippen LogP contribution in [0.25, 0.3) is 0 Å². The van der Waals surface area contributed by atoms with Crippen molar-refractivity contribution in [2.45, 2.75) is 0 Å². The fraction of sp³-hybridized carbons (Fsp3) is 0. The lowest BCUT2D eigenvalue weighted by atomic mass is 10.4. The minimum Gasteiger partial charge on any atom is -0.0622 e. The van der Waals surface area contributed by atoms with Crippen LogP contribution >= 0.6 is 25.7 Å². The summed E-state index contributed by atoms with van der Waals surface area (Å²) in [5.41, 5.74) is 0. The van der Waals surface area contributed by atoms with Gasteiger partial charge in [0.2, 0.25) is 0 Å². The molecule has 0 bridgehead atoms. The molecule has 0 aliphatic heterocycles. The van der Waals surface area contributed by atoms with Crippen molar-refractivity contribution < 1.29 is 0 Å². The van der Waals surface area contributed by atoms with Crippen LogP contribution in [-0.2, 0) is 0 Å². The zero-order valence-electron chi connectivity index (χ0n) is 21.8. The molecular formula is C36H33P3. The fourth-order valence-corrected chi connectivity index (χ4v) is 6.78. The molecule has 0 aromatic heterocycles. The van der Waals surface area contributed by atoms with E-state index >= 15 is 0 Å². The Morgan fingerprint density at radius 2 is 0.308 bits per heavy atom. The summed E-state index contributed by atoms with van der Waals surface area (Å²) in [6.07, 6.45) is 0. The van der Waals surface area contributed by atoms with Gasteiger partial charge in [-0.1, -0.05) is 208 Å². The maximum absolute atomic E-state index is 2.17. The largest absolute Gasteiger partial charge is 0.0622 e. The zero-order chi connectivity index (χ0) is 26.8. The lowest BCUT2D eigenvalue weighted by Gasteiger charge is -2.00. The summed E-state index contributed by atoms with van der Waals surface area (Å²) in [4.78, 5) is 0. The lowest BCUT2D eigenvalue weighted by Crippen LogP contribution is -2.01. The summed E-state index contributed by atoms with van der Waals surface area (Å²) >= 11 is 0. The van der Waals surface area contributed by atoms with Crippen LogP contribution in [0, 0.1) is 0 Å². The molecule has 0 saturated carbocycles. The first kappa shape index (κ1) is 28.6. The van der Waals surface area contributed by atoms with Crippen LogP contribution in [-0.4, -0.2) is 0 Å². The average molecular weight is 559 g/mol. The second kappa shape index (κ2) is 17.2. The molecule has 0 aliphatic rings. The van der Waals surface area contributed by atoms with E-state index in [-0.39, 0.29) is 0 Å². The molecule has 0 amide bonds. The molecule has 39 heavy (non-hydrogen) atoms. The predicted molar refractivity (Wildman–Crippen MR) is 181 cm³/mol. The highest BCUT2D eigenvalue weighted by Gasteiger charge is 1.94. The van der Waals surface area contributed by atoms with Crippen molar-refractivity contribution in [2.24, 2.45) is 0 Å². The second-order valence-corrected chi connectivity index (χ2v) is 12.8. The van der Waals surface area contributed by atoms with Crippen LogP contribution in [0.1, 0.15) is 0 Å². The zero-order valence-corrected chi connectivity index (χ0v) is 24.8. The molecule has 0 spiro atoms. The Morgan fingerprint density at radius 3 is 0.436 bits per heavy atom. The van der Waals surface area contributed by atoms with E-state index in [1.807, 2.05) is 0 Å². The molecule has 0 unspecified atom stereocenters. The van der Waals surface area contributed by atoms with E-state index in [0.717, 1.165) is 25.7 Å². The fourth-order valence-electron chi connectivity index (χ4n) is 3.63. The standard InChI is InChI=1S/3C12H11P/c3*1-3-7-11(8-4-1)13-12-9-5-2-6-10-12/h3*1-10,13H. The third-order valence-electron chi connectivity index (χ3n) is 5.51. The number of benzene rings is 6. The van der Waals surface area contributed by atoms with Crippen molar-refractivity contribution in [1.82, 2.24) is 0 Å². The maximum atomic E-state index is 2.17. The van der Waals surface area contributed by atoms with E-state index in [2.05, 4.69) is 182 Å². The van der Waals surface area contributed by atoms with Gasteiger partial charge in [0.15, 0.2) is 0 Å². The van der Waals surface area contributed by atoms with Gasteiger partial charge in [0.1, 0.15) is 0 Å². The Hall–Kier alpha value is -3.39. The summed E-state index contributed by atoms with van der Waals surface area (Å²) in [7, 11) is 2.33. The van der Waals surface area contributed by atoms with E-state index in [1.54, 1.807) is 0 Å². The van der Waals surface area contributed by atoms with Crippen molar-refractivity contribution in [3.05, 3.63) is 182 Å². The van der Waals surface area contributed by atoms with Gasteiger partial charge in [-0.05, 0) is 31.8 Å².